The smallest absolute Gasteiger partial charge is 0.335 e. The molecule has 0 amide bonds. The average Bonchev–Trinajstić information content (AvgIpc) is 2.43. The number of aromatic carboxylic acids is 1. The predicted octanol–water partition coefficient (Wildman–Crippen LogP) is 3.43. The average molecular weight is 259 g/mol. The molecule has 1 N–H and O–H groups in total. The Hall–Kier alpha value is -2.49. The van der Waals surface area contributed by atoms with Crippen LogP contribution in [0.1, 0.15) is 17.3 Å². The summed E-state index contributed by atoms with van der Waals surface area (Å²) in [6, 6.07) is 4.68. The first-order valence-corrected chi connectivity index (χ1v) is 5.66. The van der Waals surface area contributed by atoms with E-state index in [0.717, 1.165) is 5.57 Å². The van der Waals surface area contributed by atoms with E-state index in [9.17, 15) is 4.79 Å². The Balaban J connectivity index is 3.28. The van der Waals surface area contributed by atoms with Crippen molar-refractivity contribution in [1.82, 2.24) is 0 Å². The molecule has 0 saturated heterocycles. The molecular formula is C15H17NO3. The molecule has 0 heterocycles. The highest BCUT2D eigenvalue weighted by atomic mass is 16.5. The largest absolute Gasteiger partial charge is 0.495 e. The third-order valence-corrected chi connectivity index (χ3v) is 2.57. The van der Waals surface area contributed by atoms with Gasteiger partial charge in [0.2, 0.25) is 0 Å². The van der Waals surface area contributed by atoms with Crippen LogP contribution in [0.25, 0.3) is 0 Å². The van der Waals surface area contributed by atoms with Gasteiger partial charge in [-0.1, -0.05) is 19.2 Å². The Kier molecular flexibility index (Phi) is 4.94. The first kappa shape index (κ1) is 14.6. The van der Waals surface area contributed by atoms with Gasteiger partial charge in [0.1, 0.15) is 5.75 Å². The second kappa shape index (κ2) is 6.44. The van der Waals surface area contributed by atoms with Crippen molar-refractivity contribution in [3.8, 4) is 5.75 Å². The van der Waals surface area contributed by atoms with E-state index in [1.54, 1.807) is 23.2 Å². The number of nitrogens with zero attached hydrogens (tertiary/aromatic N) is 1. The standard InChI is InChI=1S/C15H17NO3/c1-5-11(3)10-16(6-2)13-8-7-12(15(17)18)9-14(13)19-4/h5-10H,1-2H2,3-4H3,(H,17,18). The van der Waals surface area contributed by atoms with Gasteiger partial charge in [0.15, 0.2) is 0 Å². The predicted molar refractivity (Wildman–Crippen MR) is 76.6 cm³/mol. The fraction of sp³-hybridized carbons (Fsp3) is 0.133. The highest BCUT2D eigenvalue weighted by molar-refractivity contribution is 5.89. The monoisotopic (exact) mass is 259 g/mol. The minimum absolute atomic E-state index is 0.175. The normalized spacial score (nSPS) is 10.7. The van der Waals surface area contributed by atoms with Gasteiger partial charge in [0.25, 0.3) is 0 Å². The maximum Gasteiger partial charge on any atom is 0.335 e. The van der Waals surface area contributed by atoms with Gasteiger partial charge in [-0.15, -0.1) is 0 Å². The van der Waals surface area contributed by atoms with Gasteiger partial charge >= 0.3 is 5.97 Å². The molecule has 0 aliphatic rings. The number of carbonyl (C=O) groups is 1. The van der Waals surface area contributed by atoms with Crippen molar-refractivity contribution in [1.29, 1.82) is 0 Å². The Morgan fingerprint density at radius 1 is 1.42 bits per heavy atom. The van der Waals surface area contributed by atoms with Crippen molar-refractivity contribution in [3.63, 3.8) is 0 Å². The molecule has 0 radical (unpaired) electrons. The first-order valence-electron chi connectivity index (χ1n) is 5.66. The molecule has 0 bridgehead atoms. The van der Waals surface area contributed by atoms with Crippen molar-refractivity contribution in [2.24, 2.45) is 0 Å². The summed E-state index contributed by atoms with van der Waals surface area (Å²) in [7, 11) is 1.50. The highest BCUT2D eigenvalue weighted by Gasteiger charge is 2.11. The first-order chi connectivity index (χ1) is 9.03. The zero-order valence-corrected chi connectivity index (χ0v) is 11.1. The lowest BCUT2D eigenvalue weighted by Crippen LogP contribution is -2.09. The molecule has 0 saturated carbocycles. The van der Waals surface area contributed by atoms with Crippen LogP contribution in [0.15, 0.2) is 55.4 Å². The topological polar surface area (TPSA) is 49.8 Å². The Morgan fingerprint density at radius 3 is 2.58 bits per heavy atom. The SMILES string of the molecule is C=CC(C)=CN(C=C)c1ccc(C(=O)O)cc1OC. The minimum Gasteiger partial charge on any atom is -0.495 e. The molecule has 1 rings (SSSR count). The number of carboxylic acid groups (broad SMARTS) is 1. The molecule has 4 nitrogen and oxygen atoms in total. The number of hydrogen-bond donors (Lipinski definition) is 1. The van der Waals surface area contributed by atoms with E-state index in [-0.39, 0.29) is 5.56 Å². The van der Waals surface area contributed by atoms with Gasteiger partial charge in [0.05, 0.1) is 18.4 Å². The van der Waals surface area contributed by atoms with Crippen molar-refractivity contribution >= 4 is 11.7 Å². The molecule has 0 unspecified atom stereocenters. The van der Waals surface area contributed by atoms with Crippen molar-refractivity contribution in [2.45, 2.75) is 6.92 Å². The molecule has 1 aromatic carbocycles. The number of rotatable bonds is 6. The number of benzene rings is 1. The molecule has 0 aliphatic heterocycles. The number of carboxylic acids is 1. The molecule has 100 valence electrons. The molecule has 4 heteroatoms. The maximum atomic E-state index is 10.9. The van der Waals surface area contributed by atoms with Gasteiger partial charge in [-0.2, -0.15) is 0 Å². The van der Waals surface area contributed by atoms with Gasteiger partial charge in [0, 0.05) is 12.4 Å². The lowest BCUT2D eigenvalue weighted by molar-refractivity contribution is 0.0696. The van der Waals surface area contributed by atoms with Crippen molar-refractivity contribution in [2.75, 3.05) is 12.0 Å². The van der Waals surface area contributed by atoms with E-state index in [1.807, 2.05) is 13.1 Å². The number of allylic oxidation sites excluding steroid dienone is 2. The molecule has 0 aromatic heterocycles. The fourth-order valence-electron chi connectivity index (χ4n) is 1.52. The number of methoxy groups -OCH3 is 1. The van der Waals surface area contributed by atoms with Crippen molar-refractivity contribution < 1.29 is 14.6 Å². The van der Waals surface area contributed by atoms with Crippen LogP contribution in [0.5, 0.6) is 5.75 Å². The molecule has 0 aliphatic carbocycles. The van der Waals surface area contributed by atoms with Crippen LogP contribution in [0.2, 0.25) is 0 Å². The highest BCUT2D eigenvalue weighted by Crippen LogP contribution is 2.30. The summed E-state index contributed by atoms with van der Waals surface area (Å²) >= 11 is 0. The van der Waals surface area contributed by atoms with Crippen LogP contribution in [0.4, 0.5) is 5.69 Å². The molecule has 0 fully saturated rings. The van der Waals surface area contributed by atoms with Crippen LogP contribution in [0, 0.1) is 0 Å². The zero-order chi connectivity index (χ0) is 14.4. The lowest BCUT2D eigenvalue weighted by atomic mass is 10.1. The van der Waals surface area contributed by atoms with Gasteiger partial charge in [-0.3, -0.25) is 0 Å². The summed E-state index contributed by atoms with van der Waals surface area (Å²) in [5, 5.41) is 8.96. The van der Waals surface area contributed by atoms with E-state index in [2.05, 4.69) is 13.2 Å². The molecule has 0 spiro atoms. The summed E-state index contributed by atoms with van der Waals surface area (Å²) < 4.78 is 5.23. The summed E-state index contributed by atoms with van der Waals surface area (Å²) in [6.07, 6.45) is 5.16. The van der Waals surface area contributed by atoms with E-state index >= 15 is 0 Å². The molecule has 0 atom stereocenters. The summed E-state index contributed by atoms with van der Waals surface area (Å²) in [5.74, 6) is -0.527. The quantitative estimate of drug-likeness (QED) is 0.795. The number of anilines is 1. The summed E-state index contributed by atoms with van der Waals surface area (Å²) in [6.45, 7) is 9.32. The van der Waals surface area contributed by atoms with E-state index in [0.29, 0.717) is 11.4 Å². The van der Waals surface area contributed by atoms with Crippen LogP contribution in [-0.2, 0) is 0 Å². The molecular weight excluding hydrogens is 242 g/mol. The molecule has 1 aromatic rings. The van der Waals surface area contributed by atoms with E-state index in [4.69, 9.17) is 9.84 Å². The Labute approximate surface area is 112 Å². The maximum absolute atomic E-state index is 10.9. The molecule has 19 heavy (non-hydrogen) atoms. The second-order valence-electron chi connectivity index (χ2n) is 3.86. The van der Waals surface area contributed by atoms with Gasteiger partial charge in [-0.25, -0.2) is 4.79 Å². The summed E-state index contributed by atoms with van der Waals surface area (Å²) in [5.41, 5.74) is 1.84. The summed E-state index contributed by atoms with van der Waals surface area (Å²) in [4.78, 5) is 12.7. The second-order valence-corrected chi connectivity index (χ2v) is 3.86. The Bertz CT molecular complexity index is 532. The third-order valence-electron chi connectivity index (χ3n) is 2.57. The lowest BCUT2D eigenvalue weighted by Gasteiger charge is -2.19. The van der Waals surface area contributed by atoms with Gasteiger partial charge < -0.3 is 14.7 Å². The van der Waals surface area contributed by atoms with Crippen LogP contribution in [0.3, 0.4) is 0 Å². The third kappa shape index (κ3) is 3.48. The van der Waals surface area contributed by atoms with Gasteiger partial charge in [-0.05, 0) is 30.7 Å². The Morgan fingerprint density at radius 2 is 2.11 bits per heavy atom. The number of hydrogen-bond acceptors (Lipinski definition) is 3. The number of ether oxygens (including phenoxy) is 1. The van der Waals surface area contributed by atoms with Crippen LogP contribution in [-0.4, -0.2) is 18.2 Å². The van der Waals surface area contributed by atoms with E-state index < -0.39 is 5.97 Å². The van der Waals surface area contributed by atoms with Crippen LogP contribution < -0.4 is 9.64 Å². The minimum atomic E-state index is -0.993. The zero-order valence-electron chi connectivity index (χ0n) is 11.1. The van der Waals surface area contributed by atoms with E-state index in [1.165, 1.54) is 19.2 Å². The van der Waals surface area contributed by atoms with Crippen molar-refractivity contribution in [3.05, 3.63) is 61.0 Å². The van der Waals surface area contributed by atoms with Crippen LogP contribution >= 0.6 is 0 Å². The fourth-order valence-corrected chi connectivity index (χ4v) is 1.52.